The van der Waals surface area contributed by atoms with Gasteiger partial charge in [-0.2, -0.15) is 0 Å². The molecule has 25 heavy (non-hydrogen) atoms. The molecule has 6 heteroatoms. The van der Waals surface area contributed by atoms with E-state index in [2.05, 4.69) is 25.1 Å². The molecule has 0 bridgehead atoms. The first-order valence-corrected chi connectivity index (χ1v) is 9.90. The van der Waals surface area contributed by atoms with E-state index in [-0.39, 0.29) is 11.3 Å². The van der Waals surface area contributed by atoms with Gasteiger partial charge in [-0.3, -0.25) is 4.79 Å². The van der Waals surface area contributed by atoms with Crippen LogP contribution < -0.4 is 4.90 Å². The van der Waals surface area contributed by atoms with Crippen molar-refractivity contribution in [3.63, 3.8) is 0 Å². The van der Waals surface area contributed by atoms with Crippen LogP contribution in [0.2, 0.25) is 0 Å². The van der Waals surface area contributed by atoms with Crippen molar-refractivity contribution >= 4 is 23.2 Å². The molecular weight excluding hydrogens is 332 g/mol. The van der Waals surface area contributed by atoms with E-state index in [1.54, 1.807) is 23.7 Å². The van der Waals surface area contributed by atoms with Gasteiger partial charge in [0.25, 0.3) is 5.91 Å². The third-order valence-electron chi connectivity index (χ3n) is 5.39. The summed E-state index contributed by atoms with van der Waals surface area (Å²) in [5.41, 5.74) is 1.35. The van der Waals surface area contributed by atoms with Crippen LogP contribution in [0.15, 0.2) is 29.9 Å². The van der Waals surface area contributed by atoms with Gasteiger partial charge < -0.3 is 9.80 Å². The number of thiophene rings is 1. The van der Waals surface area contributed by atoms with Crippen LogP contribution in [0.1, 0.15) is 40.9 Å². The Kier molecular flexibility index (Phi) is 4.46. The Hall–Kier alpha value is -1.95. The molecule has 0 aromatic carbocycles. The van der Waals surface area contributed by atoms with Crippen LogP contribution in [-0.2, 0) is 0 Å². The monoisotopic (exact) mass is 356 g/mol. The number of aryl methyl sites for hydroxylation is 1. The van der Waals surface area contributed by atoms with Gasteiger partial charge in [0, 0.05) is 44.0 Å². The summed E-state index contributed by atoms with van der Waals surface area (Å²) in [7, 11) is 0. The molecule has 2 aliphatic heterocycles. The number of aromatic nitrogens is 2. The molecule has 0 saturated carbocycles. The molecule has 0 aliphatic carbocycles. The van der Waals surface area contributed by atoms with Gasteiger partial charge >= 0.3 is 0 Å². The van der Waals surface area contributed by atoms with Crippen LogP contribution in [0, 0.1) is 12.3 Å². The quantitative estimate of drug-likeness (QED) is 0.828. The molecule has 4 rings (SSSR count). The van der Waals surface area contributed by atoms with E-state index in [1.165, 1.54) is 18.4 Å². The Morgan fingerprint density at radius 2 is 1.92 bits per heavy atom. The van der Waals surface area contributed by atoms with Gasteiger partial charge in [-0.1, -0.05) is 0 Å². The van der Waals surface area contributed by atoms with Gasteiger partial charge in [-0.15, -0.1) is 11.3 Å². The zero-order chi connectivity index (χ0) is 17.3. The average molecular weight is 356 g/mol. The average Bonchev–Trinajstić information content (AvgIpc) is 3.08. The topological polar surface area (TPSA) is 49.3 Å². The predicted octanol–water partition coefficient (Wildman–Crippen LogP) is 3.37. The normalized spacial score (nSPS) is 23.9. The summed E-state index contributed by atoms with van der Waals surface area (Å²) in [6, 6.07) is 3.87. The SMILES string of the molecule is Cc1csc(C(=O)N2CCCC3(CCCN(c4ncccn4)C3)C2)c1. The molecule has 132 valence electrons. The zero-order valence-corrected chi connectivity index (χ0v) is 15.5. The molecule has 0 N–H and O–H groups in total. The summed E-state index contributed by atoms with van der Waals surface area (Å²) < 4.78 is 0. The van der Waals surface area contributed by atoms with Gasteiger partial charge in [0.1, 0.15) is 0 Å². The van der Waals surface area contributed by atoms with E-state index in [0.29, 0.717) is 0 Å². The third kappa shape index (κ3) is 3.40. The van der Waals surface area contributed by atoms with Gasteiger partial charge in [-0.05, 0) is 55.7 Å². The van der Waals surface area contributed by atoms with E-state index in [9.17, 15) is 4.79 Å². The number of piperidine rings is 2. The van der Waals surface area contributed by atoms with Crippen LogP contribution in [0.25, 0.3) is 0 Å². The second-order valence-electron chi connectivity index (χ2n) is 7.39. The first-order chi connectivity index (χ1) is 12.2. The molecule has 2 aromatic rings. The van der Waals surface area contributed by atoms with Crippen molar-refractivity contribution in [2.24, 2.45) is 5.41 Å². The minimum Gasteiger partial charge on any atom is -0.340 e. The Labute approximate surface area is 152 Å². The molecule has 5 nitrogen and oxygen atoms in total. The number of carbonyl (C=O) groups is 1. The maximum absolute atomic E-state index is 12.9. The molecule has 1 spiro atoms. The molecule has 2 fully saturated rings. The Bertz CT molecular complexity index is 743. The van der Waals surface area contributed by atoms with Crippen LogP contribution in [0.4, 0.5) is 5.95 Å². The van der Waals surface area contributed by atoms with Gasteiger partial charge in [0.15, 0.2) is 0 Å². The second-order valence-corrected chi connectivity index (χ2v) is 8.30. The Morgan fingerprint density at radius 3 is 2.64 bits per heavy atom. The van der Waals surface area contributed by atoms with Crippen molar-refractivity contribution in [1.82, 2.24) is 14.9 Å². The van der Waals surface area contributed by atoms with Crippen LogP contribution in [0.5, 0.6) is 0 Å². The lowest BCUT2D eigenvalue weighted by molar-refractivity contribution is 0.0469. The number of hydrogen-bond acceptors (Lipinski definition) is 5. The summed E-state index contributed by atoms with van der Waals surface area (Å²) in [6.07, 6.45) is 8.20. The third-order valence-corrected chi connectivity index (χ3v) is 6.42. The first kappa shape index (κ1) is 16.5. The summed E-state index contributed by atoms with van der Waals surface area (Å²) in [5, 5.41) is 2.06. The minimum atomic E-state index is 0.178. The van der Waals surface area contributed by atoms with Crippen LogP contribution >= 0.6 is 11.3 Å². The highest BCUT2D eigenvalue weighted by molar-refractivity contribution is 7.12. The smallest absolute Gasteiger partial charge is 0.263 e. The zero-order valence-electron chi connectivity index (χ0n) is 14.6. The summed E-state index contributed by atoms with van der Waals surface area (Å²) in [5.74, 6) is 1.02. The minimum absolute atomic E-state index is 0.178. The highest BCUT2D eigenvalue weighted by atomic mass is 32.1. The van der Waals surface area contributed by atoms with Gasteiger partial charge in [0.05, 0.1) is 4.88 Å². The molecule has 2 aliphatic rings. The Balaban J connectivity index is 1.50. The van der Waals surface area contributed by atoms with Crippen molar-refractivity contribution in [2.45, 2.75) is 32.6 Å². The lowest BCUT2D eigenvalue weighted by atomic mass is 9.73. The molecule has 4 heterocycles. The Morgan fingerprint density at radius 1 is 1.16 bits per heavy atom. The van der Waals surface area contributed by atoms with Crippen LogP contribution in [-0.4, -0.2) is 47.0 Å². The van der Waals surface area contributed by atoms with Crippen molar-refractivity contribution in [1.29, 1.82) is 0 Å². The van der Waals surface area contributed by atoms with Crippen molar-refractivity contribution in [2.75, 3.05) is 31.1 Å². The standard InChI is InChI=1S/C19H24N4OS/c1-15-11-16(25-12-15)17(24)22-9-2-5-19(13-22)6-3-10-23(14-19)18-20-7-4-8-21-18/h4,7-8,11-12H,2-3,5-6,9-10,13-14H2,1H3. The summed E-state index contributed by atoms with van der Waals surface area (Å²) in [4.78, 5) is 27.0. The van der Waals surface area contributed by atoms with Gasteiger partial charge in [-0.25, -0.2) is 9.97 Å². The maximum Gasteiger partial charge on any atom is 0.263 e. The number of anilines is 1. The van der Waals surface area contributed by atoms with E-state index in [1.807, 2.05) is 19.1 Å². The van der Waals surface area contributed by atoms with Gasteiger partial charge in [0.2, 0.25) is 5.95 Å². The predicted molar refractivity (Wildman–Crippen MR) is 100 cm³/mol. The summed E-state index contributed by atoms with van der Waals surface area (Å²) >= 11 is 1.56. The summed E-state index contributed by atoms with van der Waals surface area (Å²) in [6.45, 7) is 5.73. The molecule has 0 radical (unpaired) electrons. The molecule has 1 unspecified atom stereocenters. The van der Waals surface area contributed by atoms with E-state index >= 15 is 0 Å². The van der Waals surface area contributed by atoms with Crippen molar-refractivity contribution in [3.05, 3.63) is 40.3 Å². The van der Waals surface area contributed by atoms with E-state index in [0.717, 1.165) is 49.8 Å². The number of rotatable bonds is 2. The lowest BCUT2D eigenvalue weighted by Crippen LogP contribution is -2.54. The van der Waals surface area contributed by atoms with E-state index in [4.69, 9.17) is 0 Å². The highest BCUT2D eigenvalue weighted by Gasteiger charge is 2.41. The first-order valence-electron chi connectivity index (χ1n) is 9.02. The fourth-order valence-corrected chi connectivity index (χ4v) is 5.11. The second kappa shape index (κ2) is 6.75. The number of likely N-dealkylation sites (tertiary alicyclic amines) is 1. The molecule has 2 aromatic heterocycles. The molecule has 1 amide bonds. The largest absolute Gasteiger partial charge is 0.340 e. The van der Waals surface area contributed by atoms with Crippen LogP contribution in [0.3, 0.4) is 0 Å². The molecule has 1 atom stereocenters. The number of nitrogens with zero attached hydrogens (tertiary/aromatic N) is 4. The fourth-order valence-electron chi connectivity index (χ4n) is 4.25. The number of amides is 1. The number of hydrogen-bond donors (Lipinski definition) is 0. The maximum atomic E-state index is 12.9. The van der Waals surface area contributed by atoms with Crippen molar-refractivity contribution < 1.29 is 4.79 Å². The fraction of sp³-hybridized carbons (Fsp3) is 0.526. The lowest BCUT2D eigenvalue weighted by Gasteiger charge is -2.48. The van der Waals surface area contributed by atoms with Crippen molar-refractivity contribution in [3.8, 4) is 0 Å². The number of carbonyl (C=O) groups excluding carboxylic acids is 1. The highest BCUT2D eigenvalue weighted by Crippen LogP contribution is 2.39. The molecule has 2 saturated heterocycles. The van der Waals surface area contributed by atoms with E-state index < -0.39 is 0 Å². The molecular formula is C19H24N4OS.